The molecular weight excluding hydrogens is 216 g/mol. The van der Waals surface area contributed by atoms with Gasteiger partial charge in [0.15, 0.2) is 0 Å². The van der Waals surface area contributed by atoms with Gasteiger partial charge in [-0.05, 0) is 49.6 Å². The number of thiophene rings is 1. The van der Waals surface area contributed by atoms with Crippen molar-refractivity contribution in [1.29, 1.82) is 0 Å². The molecule has 16 heavy (non-hydrogen) atoms. The second kappa shape index (κ2) is 4.76. The molecule has 2 N–H and O–H groups in total. The smallest absolute Gasteiger partial charge is 0.0430 e. The fourth-order valence-electron chi connectivity index (χ4n) is 1.66. The summed E-state index contributed by atoms with van der Waals surface area (Å²) in [6.07, 6.45) is 4.50. The van der Waals surface area contributed by atoms with Crippen LogP contribution in [0.15, 0.2) is 30.6 Å². The first-order chi connectivity index (χ1) is 7.66. The number of aromatic nitrogens is 1. The number of nitrogens with two attached hydrogens (primary N) is 1. The molecular formula is C13H16N2S. The summed E-state index contributed by atoms with van der Waals surface area (Å²) in [7, 11) is 0. The zero-order chi connectivity index (χ0) is 11.5. The fraction of sp³-hybridized carbons (Fsp3) is 0.308. The van der Waals surface area contributed by atoms with E-state index in [2.05, 4.69) is 24.9 Å². The van der Waals surface area contributed by atoms with Gasteiger partial charge >= 0.3 is 0 Å². The SMILES string of the molecule is Cc1cc(C(N)Cc2ccncc2)sc1C. The molecule has 2 heterocycles. The van der Waals surface area contributed by atoms with Crippen LogP contribution in [0.3, 0.4) is 0 Å². The maximum atomic E-state index is 6.20. The lowest BCUT2D eigenvalue weighted by molar-refractivity contribution is 0.735. The van der Waals surface area contributed by atoms with E-state index in [1.807, 2.05) is 24.5 Å². The van der Waals surface area contributed by atoms with Gasteiger partial charge in [-0.25, -0.2) is 0 Å². The van der Waals surface area contributed by atoms with Crippen molar-refractivity contribution < 1.29 is 0 Å². The van der Waals surface area contributed by atoms with Crippen LogP contribution in [-0.2, 0) is 6.42 Å². The number of rotatable bonds is 3. The molecule has 3 heteroatoms. The van der Waals surface area contributed by atoms with Crippen molar-refractivity contribution in [3.8, 4) is 0 Å². The van der Waals surface area contributed by atoms with Gasteiger partial charge in [0.25, 0.3) is 0 Å². The molecule has 0 spiro atoms. The highest BCUT2D eigenvalue weighted by molar-refractivity contribution is 7.12. The number of nitrogens with zero attached hydrogens (tertiary/aromatic N) is 1. The minimum absolute atomic E-state index is 0.0970. The Morgan fingerprint density at radius 1 is 1.31 bits per heavy atom. The average molecular weight is 232 g/mol. The Hall–Kier alpha value is -1.19. The molecule has 0 aliphatic carbocycles. The Balaban J connectivity index is 2.11. The van der Waals surface area contributed by atoms with Gasteiger partial charge in [0.2, 0.25) is 0 Å². The molecule has 1 atom stereocenters. The van der Waals surface area contributed by atoms with Crippen LogP contribution in [-0.4, -0.2) is 4.98 Å². The van der Waals surface area contributed by atoms with Crippen LogP contribution in [0, 0.1) is 13.8 Å². The molecule has 84 valence electrons. The van der Waals surface area contributed by atoms with Crippen molar-refractivity contribution in [2.24, 2.45) is 5.73 Å². The van der Waals surface area contributed by atoms with Crippen molar-refractivity contribution in [1.82, 2.24) is 4.98 Å². The minimum Gasteiger partial charge on any atom is -0.323 e. The highest BCUT2D eigenvalue weighted by atomic mass is 32.1. The summed E-state index contributed by atoms with van der Waals surface area (Å²) in [6.45, 7) is 4.27. The zero-order valence-corrected chi connectivity index (χ0v) is 10.4. The van der Waals surface area contributed by atoms with Gasteiger partial charge in [0.05, 0.1) is 0 Å². The Kier molecular flexibility index (Phi) is 3.36. The number of pyridine rings is 1. The van der Waals surface area contributed by atoms with Crippen LogP contribution in [0.4, 0.5) is 0 Å². The predicted octanol–water partition coefficient (Wildman–Crippen LogP) is 3.00. The van der Waals surface area contributed by atoms with E-state index in [1.165, 1.54) is 20.9 Å². The number of hydrogen-bond acceptors (Lipinski definition) is 3. The molecule has 0 aromatic carbocycles. The van der Waals surface area contributed by atoms with Crippen molar-refractivity contribution in [2.45, 2.75) is 26.3 Å². The first-order valence-corrected chi connectivity index (χ1v) is 6.20. The normalized spacial score (nSPS) is 12.7. The van der Waals surface area contributed by atoms with E-state index in [-0.39, 0.29) is 6.04 Å². The van der Waals surface area contributed by atoms with Gasteiger partial charge in [-0.1, -0.05) is 0 Å². The summed E-state index contributed by atoms with van der Waals surface area (Å²) in [6, 6.07) is 6.34. The molecule has 0 aliphatic heterocycles. The Labute approximate surface area is 100 Å². The third kappa shape index (κ3) is 2.49. The second-order valence-corrected chi connectivity index (χ2v) is 5.34. The lowest BCUT2D eigenvalue weighted by Crippen LogP contribution is -2.11. The summed E-state index contributed by atoms with van der Waals surface area (Å²) in [5, 5.41) is 0. The van der Waals surface area contributed by atoms with Gasteiger partial charge in [0, 0.05) is 28.2 Å². The maximum absolute atomic E-state index is 6.20. The summed E-state index contributed by atoms with van der Waals surface area (Å²) < 4.78 is 0. The Morgan fingerprint density at radius 3 is 2.56 bits per heavy atom. The molecule has 2 nitrogen and oxygen atoms in total. The lowest BCUT2D eigenvalue weighted by Gasteiger charge is -2.08. The highest BCUT2D eigenvalue weighted by Gasteiger charge is 2.10. The molecule has 0 fully saturated rings. The summed E-state index contributed by atoms with van der Waals surface area (Å²) in [4.78, 5) is 6.64. The third-order valence-electron chi connectivity index (χ3n) is 2.76. The zero-order valence-electron chi connectivity index (χ0n) is 9.60. The fourth-order valence-corrected chi connectivity index (χ4v) is 2.70. The Morgan fingerprint density at radius 2 is 2.00 bits per heavy atom. The first-order valence-electron chi connectivity index (χ1n) is 5.38. The molecule has 0 bridgehead atoms. The van der Waals surface area contributed by atoms with Crippen molar-refractivity contribution in [3.05, 3.63) is 51.5 Å². The van der Waals surface area contributed by atoms with Gasteiger partial charge in [0.1, 0.15) is 0 Å². The number of hydrogen-bond donors (Lipinski definition) is 1. The second-order valence-electron chi connectivity index (χ2n) is 4.05. The predicted molar refractivity (Wildman–Crippen MR) is 68.7 cm³/mol. The minimum atomic E-state index is 0.0970. The standard InChI is InChI=1S/C13H16N2S/c1-9-7-13(16-10(9)2)12(14)8-11-3-5-15-6-4-11/h3-7,12H,8,14H2,1-2H3. The molecule has 2 aromatic heterocycles. The monoisotopic (exact) mass is 232 g/mol. The molecule has 2 rings (SSSR count). The first kappa shape index (κ1) is 11.3. The van der Waals surface area contributed by atoms with E-state index in [9.17, 15) is 0 Å². The topological polar surface area (TPSA) is 38.9 Å². The van der Waals surface area contributed by atoms with Crippen LogP contribution >= 0.6 is 11.3 Å². The molecule has 0 saturated heterocycles. The highest BCUT2D eigenvalue weighted by Crippen LogP contribution is 2.26. The van der Waals surface area contributed by atoms with E-state index >= 15 is 0 Å². The van der Waals surface area contributed by atoms with Gasteiger partial charge in [-0.2, -0.15) is 0 Å². The van der Waals surface area contributed by atoms with E-state index in [0.717, 1.165) is 6.42 Å². The van der Waals surface area contributed by atoms with Crippen LogP contribution in [0.25, 0.3) is 0 Å². The third-order valence-corrected chi connectivity index (χ3v) is 4.04. The molecule has 0 aliphatic rings. The van der Waals surface area contributed by atoms with E-state index in [1.54, 1.807) is 11.3 Å². The molecule has 0 radical (unpaired) electrons. The molecule has 0 amide bonds. The summed E-state index contributed by atoms with van der Waals surface area (Å²) in [5.41, 5.74) is 8.78. The van der Waals surface area contributed by atoms with E-state index < -0.39 is 0 Å². The molecule has 2 aromatic rings. The molecule has 0 saturated carbocycles. The maximum Gasteiger partial charge on any atom is 0.0430 e. The quantitative estimate of drug-likeness (QED) is 0.883. The summed E-state index contributed by atoms with van der Waals surface area (Å²) >= 11 is 1.80. The van der Waals surface area contributed by atoms with Gasteiger partial charge in [-0.3, -0.25) is 4.98 Å². The van der Waals surface area contributed by atoms with Crippen molar-refractivity contribution in [2.75, 3.05) is 0 Å². The van der Waals surface area contributed by atoms with E-state index in [4.69, 9.17) is 5.73 Å². The summed E-state index contributed by atoms with van der Waals surface area (Å²) in [5.74, 6) is 0. The molecule has 1 unspecified atom stereocenters. The lowest BCUT2D eigenvalue weighted by atomic mass is 10.1. The van der Waals surface area contributed by atoms with Crippen LogP contribution < -0.4 is 5.73 Å². The van der Waals surface area contributed by atoms with Crippen LogP contribution in [0.2, 0.25) is 0 Å². The largest absolute Gasteiger partial charge is 0.323 e. The van der Waals surface area contributed by atoms with Gasteiger partial charge < -0.3 is 5.73 Å². The van der Waals surface area contributed by atoms with Crippen molar-refractivity contribution >= 4 is 11.3 Å². The van der Waals surface area contributed by atoms with Crippen molar-refractivity contribution in [3.63, 3.8) is 0 Å². The van der Waals surface area contributed by atoms with E-state index in [0.29, 0.717) is 0 Å². The van der Waals surface area contributed by atoms with Crippen LogP contribution in [0.5, 0.6) is 0 Å². The van der Waals surface area contributed by atoms with Gasteiger partial charge in [-0.15, -0.1) is 11.3 Å². The average Bonchev–Trinajstić information content (AvgIpc) is 2.61. The van der Waals surface area contributed by atoms with Crippen LogP contribution in [0.1, 0.15) is 26.9 Å². The number of aryl methyl sites for hydroxylation is 2. The Bertz CT molecular complexity index is 443.